The van der Waals surface area contributed by atoms with E-state index >= 15 is 0 Å². The molecule has 0 radical (unpaired) electrons. The number of halogens is 1. The lowest BCUT2D eigenvalue weighted by atomic mass is 10.1. The number of pyridine rings is 1. The van der Waals surface area contributed by atoms with E-state index in [1.165, 1.54) is 0 Å². The summed E-state index contributed by atoms with van der Waals surface area (Å²) in [6, 6.07) is 4.01. The highest BCUT2D eigenvalue weighted by atomic mass is 35.5. The second-order valence-electron chi connectivity index (χ2n) is 4.01. The zero-order valence-corrected chi connectivity index (χ0v) is 11.1. The standard InChI is InChI=1S/C13H16ClN3/c1-4-10-7-12(17(5-2)16-10)11-8-15-13(14)6-9(11)3/h6-8H,4-5H2,1-3H3. The monoisotopic (exact) mass is 249 g/mol. The van der Waals surface area contributed by atoms with E-state index in [-0.39, 0.29) is 0 Å². The molecule has 0 aromatic carbocycles. The van der Waals surface area contributed by atoms with Crippen molar-refractivity contribution in [1.82, 2.24) is 14.8 Å². The van der Waals surface area contributed by atoms with Gasteiger partial charge < -0.3 is 0 Å². The molecule has 0 aliphatic rings. The molecule has 2 aromatic heterocycles. The Morgan fingerprint density at radius 1 is 1.29 bits per heavy atom. The van der Waals surface area contributed by atoms with Crippen LogP contribution in [0.3, 0.4) is 0 Å². The largest absolute Gasteiger partial charge is 0.265 e. The molecule has 0 saturated carbocycles. The number of nitrogens with zero attached hydrogens (tertiary/aromatic N) is 3. The third-order valence-corrected chi connectivity index (χ3v) is 3.05. The van der Waals surface area contributed by atoms with E-state index in [0.29, 0.717) is 5.15 Å². The van der Waals surface area contributed by atoms with E-state index in [9.17, 15) is 0 Å². The Bertz CT molecular complexity index is 531. The number of rotatable bonds is 3. The number of aryl methyl sites for hydroxylation is 3. The Morgan fingerprint density at radius 3 is 2.65 bits per heavy atom. The lowest BCUT2D eigenvalue weighted by Crippen LogP contribution is -2.00. The lowest BCUT2D eigenvalue weighted by molar-refractivity contribution is 0.654. The summed E-state index contributed by atoms with van der Waals surface area (Å²) in [5.74, 6) is 0. The molecule has 0 amide bonds. The van der Waals surface area contributed by atoms with Crippen molar-refractivity contribution in [3.8, 4) is 11.3 Å². The fourth-order valence-electron chi connectivity index (χ4n) is 1.89. The number of aromatic nitrogens is 3. The highest BCUT2D eigenvalue weighted by molar-refractivity contribution is 6.29. The van der Waals surface area contributed by atoms with Crippen molar-refractivity contribution >= 4 is 11.6 Å². The predicted octanol–water partition coefficient (Wildman–Crippen LogP) is 3.49. The first kappa shape index (κ1) is 12.1. The van der Waals surface area contributed by atoms with Crippen LogP contribution in [0.15, 0.2) is 18.3 Å². The molecule has 0 saturated heterocycles. The van der Waals surface area contributed by atoms with Crippen LogP contribution < -0.4 is 0 Å². The van der Waals surface area contributed by atoms with Gasteiger partial charge in [0.1, 0.15) is 5.15 Å². The van der Waals surface area contributed by atoms with Gasteiger partial charge in [0.2, 0.25) is 0 Å². The van der Waals surface area contributed by atoms with Crippen LogP contribution in [0, 0.1) is 6.92 Å². The van der Waals surface area contributed by atoms with Crippen LogP contribution in [-0.4, -0.2) is 14.8 Å². The summed E-state index contributed by atoms with van der Waals surface area (Å²) in [4.78, 5) is 4.15. The highest BCUT2D eigenvalue weighted by Crippen LogP contribution is 2.25. The molecule has 0 atom stereocenters. The van der Waals surface area contributed by atoms with E-state index in [1.807, 2.05) is 23.9 Å². The molecule has 2 heterocycles. The van der Waals surface area contributed by atoms with Crippen molar-refractivity contribution in [2.24, 2.45) is 0 Å². The Balaban J connectivity index is 2.55. The van der Waals surface area contributed by atoms with Crippen LogP contribution in [0.25, 0.3) is 11.3 Å². The van der Waals surface area contributed by atoms with E-state index < -0.39 is 0 Å². The van der Waals surface area contributed by atoms with Gasteiger partial charge in [0, 0.05) is 18.3 Å². The number of hydrogen-bond donors (Lipinski definition) is 0. The molecular weight excluding hydrogens is 234 g/mol. The molecule has 3 nitrogen and oxygen atoms in total. The molecule has 0 aliphatic carbocycles. The topological polar surface area (TPSA) is 30.7 Å². The van der Waals surface area contributed by atoms with Crippen molar-refractivity contribution in [3.63, 3.8) is 0 Å². The third-order valence-electron chi connectivity index (χ3n) is 2.85. The van der Waals surface area contributed by atoms with Crippen LogP contribution in [0.2, 0.25) is 5.15 Å². The van der Waals surface area contributed by atoms with Crippen LogP contribution in [0.4, 0.5) is 0 Å². The van der Waals surface area contributed by atoms with Crippen LogP contribution in [0.5, 0.6) is 0 Å². The normalized spacial score (nSPS) is 10.8. The SMILES string of the molecule is CCc1cc(-c2cnc(Cl)cc2C)n(CC)n1. The zero-order valence-electron chi connectivity index (χ0n) is 10.4. The summed E-state index contributed by atoms with van der Waals surface area (Å²) in [6.45, 7) is 7.10. The van der Waals surface area contributed by atoms with Gasteiger partial charge >= 0.3 is 0 Å². The van der Waals surface area contributed by atoms with Gasteiger partial charge in [-0.05, 0) is 38.0 Å². The van der Waals surface area contributed by atoms with Crippen molar-refractivity contribution in [1.29, 1.82) is 0 Å². The van der Waals surface area contributed by atoms with Gasteiger partial charge in [0.05, 0.1) is 11.4 Å². The molecule has 0 aliphatic heterocycles. The predicted molar refractivity (Wildman–Crippen MR) is 70.3 cm³/mol. The first-order valence-electron chi connectivity index (χ1n) is 5.85. The van der Waals surface area contributed by atoms with Crippen molar-refractivity contribution in [3.05, 3.63) is 34.7 Å². The van der Waals surface area contributed by atoms with Gasteiger partial charge in [0.15, 0.2) is 0 Å². The second kappa shape index (κ2) is 4.88. The summed E-state index contributed by atoms with van der Waals surface area (Å²) >= 11 is 5.88. The minimum atomic E-state index is 0.532. The summed E-state index contributed by atoms with van der Waals surface area (Å²) < 4.78 is 2.01. The Labute approximate surface area is 106 Å². The van der Waals surface area contributed by atoms with Gasteiger partial charge in [-0.2, -0.15) is 5.10 Å². The third kappa shape index (κ3) is 2.34. The molecule has 0 bridgehead atoms. The molecule has 17 heavy (non-hydrogen) atoms. The van der Waals surface area contributed by atoms with E-state index in [0.717, 1.165) is 35.5 Å². The summed E-state index contributed by atoms with van der Waals surface area (Å²) in [5.41, 5.74) is 4.45. The van der Waals surface area contributed by atoms with Gasteiger partial charge in [-0.15, -0.1) is 0 Å². The maximum Gasteiger partial charge on any atom is 0.129 e. The van der Waals surface area contributed by atoms with E-state index in [4.69, 9.17) is 11.6 Å². The second-order valence-corrected chi connectivity index (χ2v) is 4.40. The summed E-state index contributed by atoms with van der Waals surface area (Å²) in [5, 5.41) is 5.07. The van der Waals surface area contributed by atoms with Gasteiger partial charge in [-0.3, -0.25) is 4.68 Å². The first-order chi connectivity index (χ1) is 8.15. The Hall–Kier alpha value is -1.35. The first-order valence-corrected chi connectivity index (χ1v) is 6.22. The van der Waals surface area contributed by atoms with Crippen molar-refractivity contribution in [2.45, 2.75) is 33.7 Å². The fraction of sp³-hybridized carbons (Fsp3) is 0.385. The Morgan fingerprint density at radius 2 is 2.06 bits per heavy atom. The van der Waals surface area contributed by atoms with Crippen LogP contribution >= 0.6 is 11.6 Å². The summed E-state index contributed by atoms with van der Waals surface area (Å²) in [6.07, 6.45) is 2.76. The molecule has 4 heteroatoms. The average molecular weight is 250 g/mol. The minimum absolute atomic E-state index is 0.532. The zero-order chi connectivity index (χ0) is 12.4. The Kier molecular flexibility index (Phi) is 3.48. The molecular formula is C13H16ClN3. The van der Waals surface area contributed by atoms with E-state index in [2.05, 4.69) is 30.0 Å². The van der Waals surface area contributed by atoms with Crippen LogP contribution in [-0.2, 0) is 13.0 Å². The van der Waals surface area contributed by atoms with Gasteiger partial charge in [0.25, 0.3) is 0 Å². The van der Waals surface area contributed by atoms with E-state index in [1.54, 1.807) is 0 Å². The van der Waals surface area contributed by atoms with Crippen LogP contribution in [0.1, 0.15) is 25.1 Å². The number of hydrogen-bond acceptors (Lipinski definition) is 2. The molecule has 0 spiro atoms. The van der Waals surface area contributed by atoms with Crippen molar-refractivity contribution < 1.29 is 0 Å². The fourth-order valence-corrected chi connectivity index (χ4v) is 2.10. The molecule has 2 rings (SSSR count). The quantitative estimate of drug-likeness (QED) is 0.780. The maximum atomic E-state index is 5.88. The minimum Gasteiger partial charge on any atom is -0.265 e. The van der Waals surface area contributed by atoms with Gasteiger partial charge in [-0.25, -0.2) is 4.98 Å². The average Bonchev–Trinajstić information content (AvgIpc) is 2.72. The highest BCUT2D eigenvalue weighted by Gasteiger charge is 2.11. The molecule has 0 unspecified atom stereocenters. The molecule has 0 fully saturated rings. The lowest BCUT2D eigenvalue weighted by Gasteiger charge is -2.07. The molecule has 90 valence electrons. The summed E-state index contributed by atoms with van der Waals surface area (Å²) in [7, 11) is 0. The molecule has 2 aromatic rings. The smallest absolute Gasteiger partial charge is 0.129 e. The van der Waals surface area contributed by atoms with Gasteiger partial charge in [-0.1, -0.05) is 18.5 Å². The molecule has 0 N–H and O–H groups in total. The van der Waals surface area contributed by atoms with Crippen molar-refractivity contribution in [2.75, 3.05) is 0 Å². The maximum absolute atomic E-state index is 5.88.